The van der Waals surface area contributed by atoms with Crippen LogP contribution in [0.2, 0.25) is 0 Å². The summed E-state index contributed by atoms with van der Waals surface area (Å²) in [4.78, 5) is 10.8. The average Bonchev–Trinajstić information content (AvgIpc) is 2.16. The maximum Gasteiger partial charge on any atom is 0.302 e. The monoisotopic (exact) mass is 198 g/mol. The molecule has 14 heavy (non-hydrogen) atoms. The Morgan fingerprint density at radius 2 is 1.86 bits per heavy atom. The molecule has 0 atom stereocenters. The topological polar surface area (TPSA) is 26.3 Å². The molecule has 1 rings (SSSR count). The SMILES string of the molecule is CC(=O)OCC(C)(C)C1CCCCC1. The van der Waals surface area contributed by atoms with Gasteiger partial charge in [-0.15, -0.1) is 0 Å². The largest absolute Gasteiger partial charge is 0.465 e. The number of carbonyl (C=O) groups excluding carboxylic acids is 1. The lowest BCUT2D eigenvalue weighted by atomic mass is 9.71. The molecule has 0 heterocycles. The minimum absolute atomic E-state index is 0.158. The molecule has 0 radical (unpaired) electrons. The van der Waals surface area contributed by atoms with Crippen LogP contribution in [0, 0.1) is 11.3 Å². The summed E-state index contributed by atoms with van der Waals surface area (Å²) in [6, 6.07) is 0. The summed E-state index contributed by atoms with van der Waals surface area (Å²) < 4.78 is 5.12. The number of esters is 1. The standard InChI is InChI=1S/C12H22O2/c1-10(13)14-9-12(2,3)11-7-5-4-6-8-11/h11H,4-9H2,1-3H3. The number of hydrogen-bond donors (Lipinski definition) is 0. The van der Waals surface area contributed by atoms with Crippen LogP contribution >= 0.6 is 0 Å². The first-order valence-electron chi connectivity index (χ1n) is 5.66. The molecule has 0 unspecified atom stereocenters. The second-order valence-electron chi connectivity index (χ2n) is 5.10. The molecule has 2 nitrogen and oxygen atoms in total. The zero-order chi connectivity index (χ0) is 10.6. The van der Waals surface area contributed by atoms with Gasteiger partial charge in [0.05, 0.1) is 6.61 Å². The molecular formula is C12H22O2. The second kappa shape index (κ2) is 4.81. The van der Waals surface area contributed by atoms with Crippen LogP contribution in [0.1, 0.15) is 52.9 Å². The van der Waals surface area contributed by atoms with Gasteiger partial charge in [0.1, 0.15) is 0 Å². The van der Waals surface area contributed by atoms with Crippen LogP contribution in [-0.2, 0) is 9.53 Å². The third-order valence-electron chi connectivity index (χ3n) is 3.36. The van der Waals surface area contributed by atoms with E-state index in [9.17, 15) is 4.79 Å². The highest BCUT2D eigenvalue weighted by molar-refractivity contribution is 5.65. The van der Waals surface area contributed by atoms with Gasteiger partial charge < -0.3 is 4.74 Å². The number of ether oxygens (including phenoxy) is 1. The van der Waals surface area contributed by atoms with Crippen molar-refractivity contribution in [1.29, 1.82) is 0 Å². The van der Waals surface area contributed by atoms with Crippen molar-refractivity contribution in [2.75, 3.05) is 6.61 Å². The molecule has 0 spiro atoms. The van der Waals surface area contributed by atoms with Crippen molar-refractivity contribution in [3.63, 3.8) is 0 Å². The number of rotatable bonds is 3. The first kappa shape index (κ1) is 11.5. The van der Waals surface area contributed by atoms with E-state index in [0.29, 0.717) is 6.61 Å². The molecule has 1 fully saturated rings. The molecule has 0 bridgehead atoms. The lowest BCUT2D eigenvalue weighted by Gasteiger charge is -2.36. The highest BCUT2D eigenvalue weighted by atomic mass is 16.5. The van der Waals surface area contributed by atoms with Crippen molar-refractivity contribution in [2.45, 2.75) is 52.9 Å². The van der Waals surface area contributed by atoms with E-state index in [2.05, 4.69) is 13.8 Å². The molecule has 0 aromatic carbocycles. The van der Waals surface area contributed by atoms with Gasteiger partial charge >= 0.3 is 5.97 Å². The van der Waals surface area contributed by atoms with Crippen molar-refractivity contribution >= 4 is 5.97 Å². The van der Waals surface area contributed by atoms with E-state index in [1.54, 1.807) is 0 Å². The van der Waals surface area contributed by atoms with Crippen molar-refractivity contribution in [1.82, 2.24) is 0 Å². The van der Waals surface area contributed by atoms with E-state index in [-0.39, 0.29) is 11.4 Å². The van der Waals surface area contributed by atoms with E-state index >= 15 is 0 Å². The van der Waals surface area contributed by atoms with Gasteiger partial charge in [0.25, 0.3) is 0 Å². The molecule has 0 amide bonds. The fourth-order valence-electron chi connectivity index (χ4n) is 2.29. The zero-order valence-electron chi connectivity index (χ0n) is 9.64. The van der Waals surface area contributed by atoms with Crippen LogP contribution in [0.5, 0.6) is 0 Å². The summed E-state index contributed by atoms with van der Waals surface area (Å²) >= 11 is 0. The summed E-state index contributed by atoms with van der Waals surface area (Å²) in [7, 11) is 0. The summed E-state index contributed by atoms with van der Waals surface area (Å²) in [5.41, 5.74) is 0.159. The van der Waals surface area contributed by atoms with Crippen LogP contribution in [0.3, 0.4) is 0 Å². The lowest BCUT2D eigenvalue weighted by Crippen LogP contribution is -2.31. The molecule has 0 aliphatic heterocycles. The summed E-state index contributed by atoms with van der Waals surface area (Å²) in [5.74, 6) is 0.574. The molecule has 2 heteroatoms. The van der Waals surface area contributed by atoms with E-state index in [1.807, 2.05) is 0 Å². The molecular weight excluding hydrogens is 176 g/mol. The van der Waals surface area contributed by atoms with Crippen molar-refractivity contribution in [3.05, 3.63) is 0 Å². The quantitative estimate of drug-likeness (QED) is 0.651. The predicted octanol–water partition coefficient (Wildman–Crippen LogP) is 3.16. The Bertz CT molecular complexity index is 190. The molecule has 1 aliphatic carbocycles. The molecule has 0 saturated heterocycles. The van der Waals surface area contributed by atoms with E-state index < -0.39 is 0 Å². The zero-order valence-corrected chi connectivity index (χ0v) is 9.64. The third kappa shape index (κ3) is 3.32. The molecule has 82 valence electrons. The third-order valence-corrected chi connectivity index (χ3v) is 3.36. The minimum atomic E-state index is -0.158. The Hall–Kier alpha value is -0.530. The van der Waals surface area contributed by atoms with Crippen LogP contribution in [0.15, 0.2) is 0 Å². The van der Waals surface area contributed by atoms with Crippen LogP contribution in [0.25, 0.3) is 0 Å². The van der Waals surface area contributed by atoms with Gasteiger partial charge in [-0.2, -0.15) is 0 Å². The fourth-order valence-corrected chi connectivity index (χ4v) is 2.29. The highest BCUT2D eigenvalue weighted by Gasteiger charge is 2.31. The molecule has 0 aromatic rings. The van der Waals surface area contributed by atoms with Gasteiger partial charge in [0, 0.05) is 12.3 Å². The fraction of sp³-hybridized carbons (Fsp3) is 0.917. The van der Waals surface area contributed by atoms with Gasteiger partial charge in [0.2, 0.25) is 0 Å². The van der Waals surface area contributed by atoms with Crippen molar-refractivity contribution < 1.29 is 9.53 Å². The van der Waals surface area contributed by atoms with E-state index in [0.717, 1.165) is 5.92 Å². The predicted molar refractivity (Wildman–Crippen MR) is 57.0 cm³/mol. The summed E-state index contributed by atoms with van der Waals surface area (Å²) in [5, 5.41) is 0. The molecule has 1 aliphatic rings. The minimum Gasteiger partial charge on any atom is -0.465 e. The smallest absolute Gasteiger partial charge is 0.302 e. The lowest BCUT2D eigenvalue weighted by molar-refractivity contribution is -0.145. The van der Waals surface area contributed by atoms with Crippen molar-refractivity contribution in [3.8, 4) is 0 Å². The Labute approximate surface area is 87.0 Å². The first-order chi connectivity index (χ1) is 6.52. The molecule has 0 aromatic heterocycles. The summed E-state index contributed by atoms with van der Waals surface area (Å²) in [6.07, 6.45) is 6.66. The van der Waals surface area contributed by atoms with Crippen LogP contribution in [0.4, 0.5) is 0 Å². The van der Waals surface area contributed by atoms with Crippen LogP contribution in [-0.4, -0.2) is 12.6 Å². The summed E-state index contributed by atoms with van der Waals surface area (Å²) in [6.45, 7) is 6.49. The van der Waals surface area contributed by atoms with Gasteiger partial charge in [-0.1, -0.05) is 33.1 Å². The maximum absolute atomic E-state index is 10.8. The van der Waals surface area contributed by atoms with Gasteiger partial charge in [-0.25, -0.2) is 0 Å². The van der Waals surface area contributed by atoms with Gasteiger partial charge in [-0.3, -0.25) is 4.79 Å². The van der Waals surface area contributed by atoms with E-state index in [1.165, 1.54) is 39.0 Å². The number of hydrogen-bond acceptors (Lipinski definition) is 2. The van der Waals surface area contributed by atoms with Crippen LogP contribution < -0.4 is 0 Å². The highest BCUT2D eigenvalue weighted by Crippen LogP contribution is 2.38. The molecule has 1 saturated carbocycles. The Balaban J connectivity index is 2.41. The normalized spacial score (nSPS) is 19.4. The van der Waals surface area contributed by atoms with Crippen molar-refractivity contribution in [2.24, 2.45) is 11.3 Å². The second-order valence-corrected chi connectivity index (χ2v) is 5.10. The number of carbonyl (C=O) groups is 1. The average molecular weight is 198 g/mol. The maximum atomic E-state index is 10.8. The van der Waals surface area contributed by atoms with E-state index in [4.69, 9.17) is 4.74 Å². The first-order valence-corrected chi connectivity index (χ1v) is 5.66. The Morgan fingerprint density at radius 3 is 2.36 bits per heavy atom. The molecule has 0 N–H and O–H groups in total. The van der Waals surface area contributed by atoms with Gasteiger partial charge in [0.15, 0.2) is 0 Å². The Kier molecular flexibility index (Phi) is 3.97. The van der Waals surface area contributed by atoms with Gasteiger partial charge in [-0.05, 0) is 18.8 Å². The Morgan fingerprint density at radius 1 is 1.29 bits per heavy atom.